The summed E-state index contributed by atoms with van der Waals surface area (Å²) >= 11 is 1.83. The van der Waals surface area contributed by atoms with Crippen molar-refractivity contribution in [2.24, 2.45) is 5.92 Å². The van der Waals surface area contributed by atoms with Crippen molar-refractivity contribution in [3.63, 3.8) is 0 Å². The number of carbonyl (C=O) groups is 1. The molecule has 1 aromatic rings. The molecule has 0 spiro atoms. The van der Waals surface area contributed by atoms with Crippen molar-refractivity contribution in [3.8, 4) is 0 Å². The van der Waals surface area contributed by atoms with Crippen molar-refractivity contribution in [1.82, 2.24) is 4.90 Å². The maximum absolute atomic E-state index is 13.1. The van der Waals surface area contributed by atoms with Crippen molar-refractivity contribution in [2.75, 3.05) is 6.54 Å². The molecule has 0 N–H and O–H groups in total. The van der Waals surface area contributed by atoms with Crippen LogP contribution in [0.15, 0.2) is 46.4 Å². The first-order chi connectivity index (χ1) is 11.1. The van der Waals surface area contributed by atoms with Gasteiger partial charge in [-0.2, -0.15) is 0 Å². The maximum atomic E-state index is 13.1. The molecule has 1 aromatic carbocycles. The minimum Gasteiger partial charge on any atom is -0.324 e. The van der Waals surface area contributed by atoms with Crippen molar-refractivity contribution in [1.29, 1.82) is 0 Å². The maximum Gasteiger partial charge on any atom is 0.255 e. The second kappa shape index (κ2) is 5.13. The lowest BCUT2D eigenvalue weighted by Crippen LogP contribution is -2.48. The first kappa shape index (κ1) is 14.8. The largest absolute Gasteiger partial charge is 0.324 e. The first-order valence-corrected chi connectivity index (χ1v) is 9.37. The molecule has 0 unspecified atom stereocenters. The molecule has 0 aromatic heterocycles. The van der Waals surface area contributed by atoms with Crippen molar-refractivity contribution in [3.05, 3.63) is 57.5 Å². The van der Waals surface area contributed by atoms with E-state index in [2.05, 4.69) is 49.2 Å². The van der Waals surface area contributed by atoms with Crippen LogP contribution in [0.4, 0.5) is 0 Å². The van der Waals surface area contributed by atoms with Crippen LogP contribution in [0.1, 0.15) is 49.5 Å². The first-order valence-electron chi connectivity index (χ1n) is 8.49. The molecule has 0 bridgehead atoms. The van der Waals surface area contributed by atoms with Crippen LogP contribution in [0.5, 0.6) is 0 Å². The molecule has 2 atom stereocenters. The highest BCUT2D eigenvalue weighted by Gasteiger charge is 2.55. The topological polar surface area (TPSA) is 20.3 Å². The molecule has 0 radical (unpaired) electrons. The van der Waals surface area contributed by atoms with Gasteiger partial charge in [-0.05, 0) is 24.5 Å². The summed E-state index contributed by atoms with van der Waals surface area (Å²) in [6.07, 6.45) is 4.19. The van der Waals surface area contributed by atoms with Gasteiger partial charge in [-0.15, -0.1) is 0 Å². The SMILES string of the molecule is CCC1=C2[S+]=CC=C2CN2C(=O)c3ccccc3[C@]2(CC)[C@@H]1C. The number of benzene rings is 1. The molecule has 0 aliphatic carbocycles. The van der Waals surface area contributed by atoms with Crippen molar-refractivity contribution >= 4 is 22.6 Å². The molecule has 0 saturated carbocycles. The Hall–Kier alpha value is -1.74. The Bertz CT molecular complexity index is 789. The van der Waals surface area contributed by atoms with Gasteiger partial charge in [0.25, 0.3) is 5.91 Å². The van der Waals surface area contributed by atoms with Crippen LogP contribution in [0, 0.1) is 5.92 Å². The second-order valence-corrected chi connectivity index (χ2v) is 7.51. The smallest absolute Gasteiger partial charge is 0.255 e. The summed E-state index contributed by atoms with van der Waals surface area (Å²) < 4.78 is 0. The zero-order valence-corrected chi connectivity index (χ0v) is 14.7. The van der Waals surface area contributed by atoms with E-state index >= 15 is 0 Å². The molecule has 2 nitrogen and oxygen atoms in total. The summed E-state index contributed by atoms with van der Waals surface area (Å²) in [5.74, 6) is 0.536. The Morgan fingerprint density at radius 3 is 2.83 bits per heavy atom. The lowest BCUT2D eigenvalue weighted by Gasteiger charge is -2.42. The van der Waals surface area contributed by atoms with E-state index in [-0.39, 0.29) is 11.4 Å². The number of fused-ring (bicyclic) bond motifs is 4. The molecule has 0 saturated heterocycles. The summed E-state index contributed by atoms with van der Waals surface area (Å²) in [4.78, 5) is 16.7. The van der Waals surface area contributed by atoms with Crippen molar-refractivity contribution in [2.45, 2.75) is 39.2 Å². The Labute approximate surface area is 141 Å². The van der Waals surface area contributed by atoms with Crippen LogP contribution in [-0.4, -0.2) is 22.7 Å². The van der Waals surface area contributed by atoms with Gasteiger partial charge < -0.3 is 4.90 Å². The van der Waals surface area contributed by atoms with Crippen LogP contribution >= 0.6 is 0 Å². The fourth-order valence-electron chi connectivity index (χ4n) is 4.75. The second-order valence-electron chi connectivity index (χ2n) is 6.59. The number of nitrogens with zero attached hydrogens (tertiary/aromatic N) is 1. The average Bonchev–Trinajstić information content (AvgIpc) is 3.09. The van der Waals surface area contributed by atoms with E-state index in [9.17, 15) is 4.79 Å². The Morgan fingerprint density at radius 2 is 2.09 bits per heavy atom. The van der Waals surface area contributed by atoms with Crippen LogP contribution in [-0.2, 0) is 16.9 Å². The Morgan fingerprint density at radius 1 is 1.30 bits per heavy atom. The minimum atomic E-state index is -0.197. The number of hydrogen-bond acceptors (Lipinski definition) is 1. The van der Waals surface area contributed by atoms with E-state index in [1.54, 1.807) is 0 Å². The van der Waals surface area contributed by atoms with E-state index in [0.29, 0.717) is 5.92 Å². The van der Waals surface area contributed by atoms with Gasteiger partial charge in [0, 0.05) is 28.7 Å². The fraction of sp³-hybridized carbons (Fsp3) is 0.400. The summed E-state index contributed by atoms with van der Waals surface area (Å²) in [5, 5.41) is 2.17. The molecule has 3 heterocycles. The molecule has 118 valence electrons. The number of allylic oxidation sites excluding steroid dienone is 1. The summed E-state index contributed by atoms with van der Waals surface area (Å²) in [6.45, 7) is 7.52. The molecular formula is C20H22NOS+. The van der Waals surface area contributed by atoms with Crippen LogP contribution < -0.4 is 0 Å². The number of hydrogen-bond donors (Lipinski definition) is 0. The summed E-state index contributed by atoms with van der Waals surface area (Å²) in [7, 11) is 0. The number of amides is 1. The summed E-state index contributed by atoms with van der Waals surface area (Å²) in [5.41, 5.74) is 4.74. The number of rotatable bonds is 2. The molecule has 1 amide bonds. The number of carbonyl (C=O) groups excluding carboxylic acids is 1. The lowest BCUT2D eigenvalue weighted by molar-refractivity contribution is 0.0456. The Kier molecular flexibility index (Phi) is 3.31. The minimum absolute atomic E-state index is 0.197. The third kappa shape index (κ3) is 1.74. The lowest BCUT2D eigenvalue weighted by atomic mass is 9.73. The highest BCUT2D eigenvalue weighted by molar-refractivity contribution is 7.82. The highest BCUT2D eigenvalue weighted by Crippen LogP contribution is 2.52. The third-order valence-corrected chi connectivity index (χ3v) is 6.91. The predicted octanol–water partition coefficient (Wildman–Crippen LogP) is 3.89. The molecule has 4 rings (SSSR count). The van der Waals surface area contributed by atoms with Crippen LogP contribution in [0.25, 0.3) is 0 Å². The van der Waals surface area contributed by atoms with Crippen molar-refractivity contribution < 1.29 is 4.79 Å². The molecule has 3 heteroatoms. The van der Waals surface area contributed by atoms with Gasteiger partial charge in [0.1, 0.15) is 0 Å². The van der Waals surface area contributed by atoms with Gasteiger partial charge in [0.15, 0.2) is 5.37 Å². The predicted molar refractivity (Wildman–Crippen MR) is 97.4 cm³/mol. The summed E-state index contributed by atoms with van der Waals surface area (Å²) in [6, 6.07) is 8.22. The van der Waals surface area contributed by atoms with E-state index in [0.717, 1.165) is 24.9 Å². The van der Waals surface area contributed by atoms with E-state index in [1.807, 2.05) is 23.5 Å². The van der Waals surface area contributed by atoms with Crippen LogP contribution in [0.2, 0.25) is 0 Å². The zero-order chi connectivity index (χ0) is 16.2. The van der Waals surface area contributed by atoms with Gasteiger partial charge in [-0.3, -0.25) is 4.79 Å². The van der Waals surface area contributed by atoms with Gasteiger partial charge in [-0.1, -0.05) is 39.0 Å². The highest BCUT2D eigenvalue weighted by atomic mass is 32.1. The standard InChI is InChI=1S/C20H22NOS/c1-4-15-13(3)20(5-2)17-9-7-6-8-16(17)19(22)21(20)12-14-10-11-23-18(14)15/h6-11,13H,4-5,12H2,1-3H3/q+1/t13-,20+/m1/s1. The molecule has 0 fully saturated rings. The van der Waals surface area contributed by atoms with Gasteiger partial charge in [-0.25, -0.2) is 0 Å². The third-order valence-electron chi connectivity index (χ3n) is 5.88. The van der Waals surface area contributed by atoms with E-state index in [4.69, 9.17) is 0 Å². The normalized spacial score (nSPS) is 28.5. The van der Waals surface area contributed by atoms with Gasteiger partial charge in [0.2, 0.25) is 16.3 Å². The van der Waals surface area contributed by atoms with Crippen LogP contribution in [0.3, 0.4) is 0 Å². The molecular weight excluding hydrogens is 302 g/mol. The molecule has 3 aliphatic heterocycles. The Balaban J connectivity index is 2.01. The fourth-order valence-corrected chi connectivity index (χ4v) is 5.88. The van der Waals surface area contributed by atoms with E-state index < -0.39 is 0 Å². The van der Waals surface area contributed by atoms with Gasteiger partial charge in [0.05, 0.1) is 12.1 Å². The molecule has 23 heavy (non-hydrogen) atoms. The zero-order valence-electron chi connectivity index (χ0n) is 13.9. The van der Waals surface area contributed by atoms with E-state index in [1.165, 1.54) is 21.6 Å². The average molecular weight is 324 g/mol. The molecule has 3 aliphatic rings. The monoisotopic (exact) mass is 324 g/mol. The van der Waals surface area contributed by atoms with Gasteiger partial charge >= 0.3 is 0 Å². The quantitative estimate of drug-likeness (QED) is 0.597.